The lowest BCUT2D eigenvalue weighted by Gasteiger charge is -2.13. The molecule has 0 radical (unpaired) electrons. The van der Waals surface area contributed by atoms with Gasteiger partial charge >= 0.3 is 0 Å². The second-order valence-electron chi connectivity index (χ2n) is 5.57. The summed E-state index contributed by atoms with van der Waals surface area (Å²) in [5.41, 5.74) is 2.11. The van der Waals surface area contributed by atoms with Crippen molar-refractivity contribution in [2.45, 2.75) is 13.3 Å². The van der Waals surface area contributed by atoms with Crippen LogP contribution in [0.4, 0.5) is 5.13 Å². The number of carbonyl (C=O) groups is 1. The van der Waals surface area contributed by atoms with E-state index >= 15 is 0 Å². The van der Waals surface area contributed by atoms with Crippen LogP contribution < -0.4 is 14.8 Å². The maximum absolute atomic E-state index is 12.6. The maximum Gasteiger partial charge on any atom is 0.257 e. The molecule has 1 amide bonds. The number of hydrogen-bond acceptors (Lipinski definition) is 6. The van der Waals surface area contributed by atoms with E-state index in [-0.39, 0.29) is 5.91 Å². The molecule has 0 aliphatic heterocycles. The van der Waals surface area contributed by atoms with Crippen molar-refractivity contribution in [3.63, 3.8) is 0 Å². The molecule has 0 spiro atoms. The number of hydrogen-bond donors (Lipinski definition) is 1. The Morgan fingerprint density at radius 1 is 1.37 bits per heavy atom. The van der Waals surface area contributed by atoms with Gasteiger partial charge in [0.05, 0.1) is 23.9 Å². The Morgan fingerprint density at radius 2 is 2.22 bits per heavy atom. The molecule has 0 saturated heterocycles. The van der Waals surface area contributed by atoms with E-state index in [4.69, 9.17) is 9.47 Å². The van der Waals surface area contributed by atoms with Crippen LogP contribution in [0.5, 0.6) is 11.5 Å². The fraction of sp³-hybridized carbons (Fsp3) is 0.211. The standard InChI is InChI=1S/C19H18BrN3O3S/c1-3-7-26-17-14(20)8-13(9-16(17)25-2)18(24)23-19-22-15(11-27-19)12-5-4-6-21-10-12/h4-6,8-11H,3,7H2,1-2H3,(H,22,23,24). The van der Waals surface area contributed by atoms with E-state index in [9.17, 15) is 4.79 Å². The highest BCUT2D eigenvalue weighted by Crippen LogP contribution is 2.37. The average Bonchev–Trinajstić information content (AvgIpc) is 3.15. The highest BCUT2D eigenvalue weighted by molar-refractivity contribution is 9.10. The van der Waals surface area contributed by atoms with Crippen LogP contribution in [0, 0.1) is 0 Å². The van der Waals surface area contributed by atoms with Crippen molar-refractivity contribution in [2.24, 2.45) is 0 Å². The molecular formula is C19H18BrN3O3S. The van der Waals surface area contributed by atoms with E-state index < -0.39 is 0 Å². The molecule has 0 bridgehead atoms. The second-order valence-corrected chi connectivity index (χ2v) is 7.28. The van der Waals surface area contributed by atoms with Gasteiger partial charge in [-0.3, -0.25) is 15.1 Å². The van der Waals surface area contributed by atoms with Gasteiger partial charge in [-0.1, -0.05) is 6.92 Å². The minimum Gasteiger partial charge on any atom is -0.493 e. The average molecular weight is 448 g/mol. The van der Waals surface area contributed by atoms with Gasteiger partial charge < -0.3 is 9.47 Å². The summed E-state index contributed by atoms with van der Waals surface area (Å²) < 4.78 is 11.7. The molecule has 0 fully saturated rings. The summed E-state index contributed by atoms with van der Waals surface area (Å²) in [6.07, 6.45) is 4.32. The van der Waals surface area contributed by atoms with Gasteiger partial charge in [0.15, 0.2) is 16.6 Å². The molecule has 1 aromatic carbocycles. The van der Waals surface area contributed by atoms with Crippen LogP contribution in [0.3, 0.4) is 0 Å². The lowest BCUT2D eigenvalue weighted by Crippen LogP contribution is -2.12. The third-order valence-corrected chi connectivity index (χ3v) is 4.97. The molecule has 3 rings (SSSR count). The van der Waals surface area contributed by atoms with E-state index in [0.29, 0.717) is 33.3 Å². The number of carbonyl (C=O) groups excluding carboxylic acids is 1. The smallest absolute Gasteiger partial charge is 0.257 e. The monoisotopic (exact) mass is 447 g/mol. The molecule has 0 unspecified atom stereocenters. The first-order valence-corrected chi connectivity index (χ1v) is 9.97. The Bertz CT molecular complexity index is 931. The summed E-state index contributed by atoms with van der Waals surface area (Å²) in [4.78, 5) is 21.2. The van der Waals surface area contributed by atoms with Gasteiger partial charge in [-0.15, -0.1) is 11.3 Å². The zero-order chi connectivity index (χ0) is 19.2. The third kappa shape index (κ3) is 4.64. The first-order valence-electron chi connectivity index (χ1n) is 8.30. The predicted octanol–water partition coefficient (Wildman–Crippen LogP) is 5.02. The number of amides is 1. The number of benzene rings is 1. The highest BCUT2D eigenvalue weighted by Gasteiger charge is 2.17. The number of nitrogens with one attached hydrogen (secondary N) is 1. The number of rotatable bonds is 7. The zero-order valence-corrected chi connectivity index (χ0v) is 17.3. The number of ether oxygens (including phenoxy) is 2. The van der Waals surface area contributed by atoms with Crippen LogP contribution in [0.15, 0.2) is 46.5 Å². The minimum atomic E-state index is -0.275. The summed E-state index contributed by atoms with van der Waals surface area (Å²) in [7, 11) is 1.54. The summed E-state index contributed by atoms with van der Waals surface area (Å²) in [5.74, 6) is 0.810. The maximum atomic E-state index is 12.6. The number of nitrogens with zero attached hydrogens (tertiary/aromatic N) is 2. The SMILES string of the molecule is CCCOc1c(Br)cc(C(=O)Nc2nc(-c3cccnc3)cs2)cc1OC. The van der Waals surface area contributed by atoms with Crippen molar-refractivity contribution in [3.05, 3.63) is 52.1 Å². The number of halogens is 1. The molecule has 0 aliphatic carbocycles. The molecule has 2 aromatic heterocycles. The fourth-order valence-corrected chi connectivity index (χ4v) is 3.61. The molecule has 27 heavy (non-hydrogen) atoms. The zero-order valence-electron chi connectivity index (χ0n) is 14.9. The number of anilines is 1. The van der Waals surface area contributed by atoms with Gasteiger partial charge in [-0.05, 0) is 46.6 Å². The lowest BCUT2D eigenvalue weighted by atomic mass is 10.2. The van der Waals surface area contributed by atoms with Crippen molar-refractivity contribution >= 4 is 38.3 Å². The number of thiazole rings is 1. The van der Waals surface area contributed by atoms with Crippen LogP contribution >= 0.6 is 27.3 Å². The van der Waals surface area contributed by atoms with Crippen LogP contribution in [0.1, 0.15) is 23.7 Å². The first-order chi connectivity index (χ1) is 13.1. The molecule has 0 aliphatic rings. The Balaban J connectivity index is 1.78. The van der Waals surface area contributed by atoms with Gasteiger partial charge in [0.2, 0.25) is 0 Å². The van der Waals surface area contributed by atoms with Gasteiger partial charge in [-0.25, -0.2) is 4.98 Å². The molecule has 3 aromatic rings. The molecule has 6 nitrogen and oxygen atoms in total. The molecule has 0 atom stereocenters. The van der Waals surface area contributed by atoms with Crippen LogP contribution in [0.2, 0.25) is 0 Å². The molecular weight excluding hydrogens is 430 g/mol. The fourth-order valence-electron chi connectivity index (χ4n) is 2.34. The van der Waals surface area contributed by atoms with Gasteiger partial charge in [0.25, 0.3) is 5.91 Å². The molecule has 2 heterocycles. The van der Waals surface area contributed by atoms with E-state index in [1.165, 1.54) is 11.3 Å². The van der Waals surface area contributed by atoms with Gasteiger partial charge in [0, 0.05) is 28.9 Å². The van der Waals surface area contributed by atoms with Gasteiger partial charge in [0.1, 0.15) is 0 Å². The van der Waals surface area contributed by atoms with Crippen molar-refractivity contribution in [1.29, 1.82) is 0 Å². The predicted molar refractivity (Wildman–Crippen MR) is 110 cm³/mol. The third-order valence-electron chi connectivity index (χ3n) is 3.62. The molecule has 140 valence electrons. The van der Waals surface area contributed by atoms with Crippen LogP contribution in [-0.4, -0.2) is 29.6 Å². The molecule has 0 saturated carbocycles. The van der Waals surface area contributed by atoms with Crippen LogP contribution in [0.25, 0.3) is 11.3 Å². The number of methoxy groups -OCH3 is 1. The van der Waals surface area contributed by atoms with Crippen LogP contribution in [-0.2, 0) is 0 Å². The Hall–Kier alpha value is -2.45. The Labute approximate surface area is 169 Å². The lowest BCUT2D eigenvalue weighted by molar-refractivity contribution is 0.102. The van der Waals surface area contributed by atoms with Gasteiger partial charge in [-0.2, -0.15) is 0 Å². The molecule has 1 N–H and O–H groups in total. The van der Waals surface area contributed by atoms with E-state index in [1.807, 2.05) is 24.4 Å². The van der Waals surface area contributed by atoms with E-state index in [2.05, 4.69) is 31.2 Å². The minimum absolute atomic E-state index is 0.275. The second kappa shape index (κ2) is 8.96. The van der Waals surface area contributed by atoms with E-state index in [1.54, 1.807) is 31.6 Å². The number of pyridine rings is 1. The topological polar surface area (TPSA) is 73.3 Å². The van der Waals surface area contributed by atoms with Crippen molar-refractivity contribution < 1.29 is 14.3 Å². The summed E-state index contributed by atoms with van der Waals surface area (Å²) >= 11 is 4.81. The first kappa shape index (κ1) is 19.3. The largest absolute Gasteiger partial charge is 0.493 e. The number of aromatic nitrogens is 2. The Kier molecular flexibility index (Phi) is 6.41. The summed E-state index contributed by atoms with van der Waals surface area (Å²) in [6, 6.07) is 7.13. The van der Waals surface area contributed by atoms with Crippen molar-refractivity contribution in [3.8, 4) is 22.8 Å². The van der Waals surface area contributed by atoms with E-state index in [0.717, 1.165) is 17.7 Å². The molecule has 8 heteroatoms. The summed E-state index contributed by atoms with van der Waals surface area (Å²) in [5, 5.41) is 5.21. The van der Waals surface area contributed by atoms with Crippen molar-refractivity contribution in [2.75, 3.05) is 19.0 Å². The van der Waals surface area contributed by atoms with Crippen molar-refractivity contribution in [1.82, 2.24) is 9.97 Å². The Morgan fingerprint density at radius 3 is 2.93 bits per heavy atom. The quantitative estimate of drug-likeness (QED) is 0.550. The normalized spacial score (nSPS) is 10.5. The summed E-state index contributed by atoms with van der Waals surface area (Å²) in [6.45, 7) is 2.59. The highest BCUT2D eigenvalue weighted by atomic mass is 79.9.